The number of aromatic nitrogens is 4. The number of fused-ring (bicyclic) bond motifs is 1. The van der Waals surface area contributed by atoms with Crippen LogP contribution in [0.5, 0.6) is 0 Å². The molecule has 1 amide bonds. The zero-order valence-corrected chi connectivity index (χ0v) is 15.3. The van der Waals surface area contributed by atoms with Gasteiger partial charge in [-0.1, -0.05) is 23.7 Å². The average Bonchev–Trinajstić information content (AvgIpc) is 3.33. The molecule has 2 heterocycles. The maximum Gasteiger partial charge on any atom is 0.236 e. The van der Waals surface area contributed by atoms with Crippen molar-refractivity contribution in [3.63, 3.8) is 0 Å². The van der Waals surface area contributed by atoms with E-state index < -0.39 is 5.41 Å². The molecule has 2 aromatic heterocycles. The van der Waals surface area contributed by atoms with Crippen LogP contribution >= 0.6 is 11.6 Å². The second-order valence-electron chi connectivity index (χ2n) is 6.89. The Kier molecular flexibility index (Phi) is 3.84. The van der Waals surface area contributed by atoms with Gasteiger partial charge >= 0.3 is 0 Å². The third kappa shape index (κ3) is 2.59. The lowest BCUT2D eigenvalue weighted by Gasteiger charge is -2.15. The van der Waals surface area contributed by atoms with Crippen LogP contribution in [0.1, 0.15) is 38.3 Å². The lowest BCUT2D eigenvalue weighted by molar-refractivity contribution is -0.118. The Morgan fingerprint density at radius 3 is 2.58 bits per heavy atom. The van der Waals surface area contributed by atoms with Crippen molar-refractivity contribution < 1.29 is 4.79 Å². The van der Waals surface area contributed by atoms with E-state index >= 15 is 0 Å². The van der Waals surface area contributed by atoms with E-state index in [1.807, 2.05) is 26.0 Å². The maximum absolute atomic E-state index is 13.0. The summed E-state index contributed by atoms with van der Waals surface area (Å²) in [7, 11) is 0. The highest BCUT2D eigenvalue weighted by molar-refractivity contribution is 6.30. The largest absolute Gasteiger partial charge is 0.383 e. The molecule has 3 aromatic rings. The molecule has 0 saturated heterocycles. The average molecular weight is 371 g/mol. The van der Waals surface area contributed by atoms with E-state index in [2.05, 4.69) is 20.4 Å². The Bertz CT molecular complexity index is 991. The van der Waals surface area contributed by atoms with E-state index in [1.165, 1.54) is 6.33 Å². The number of nitrogens with one attached hydrogen (secondary N) is 1. The topological polar surface area (TPSA) is 98.7 Å². The van der Waals surface area contributed by atoms with E-state index in [4.69, 9.17) is 17.3 Å². The zero-order valence-electron chi connectivity index (χ0n) is 14.5. The minimum Gasteiger partial charge on any atom is -0.383 e. The molecule has 1 aliphatic rings. The molecule has 4 rings (SSSR count). The van der Waals surface area contributed by atoms with Crippen molar-refractivity contribution in [2.24, 2.45) is 0 Å². The Morgan fingerprint density at radius 1 is 1.27 bits per heavy atom. The molecule has 134 valence electrons. The summed E-state index contributed by atoms with van der Waals surface area (Å²) in [6.07, 6.45) is 2.98. The quantitative estimate of drug-likeness (QED) is 0.734. The molecule has 0 unspecified atom stereocenters. The Labute approximate surface area is 155 Å². The molecule has 7 nitrogen and oxygen atoms in total. The van der Waals surface area contributed by atoms with Crippen molar-refractivity contribution in [2.75, 3.05) is 11.1 Å². The number of benzene rings is 1. The lowest BCUT2D eigenvalue weighted by atomic mass is 9.95. The number of rotatable bonds is 4. The smallest absolute Gasteiger partial charge is 0.236 e. The number of carbonyl (C=O) groups excluding carboxylic acids is 1. The van der Waals surface area contributed by atoms with Crippen LogP contribution in [-0.4, -0.2) is 25.7 Å². The van der Waals surface area contributed by atoms with Crippen molar-refractivity contribution in [3.8, 4) is 0 Å². The van der Waals surface area contributed by atoms with Gasteiger partial charge in [-0.25, -0.2) is 14.6 Å². The van der Waals surface area contributed by atoms with Gasteiger partial charge in [0.05, 0.1) is 5.41 Å². The first kappa shape index (κ1) is 16.8. The highest BCUT2D eigenvalue weighted by Crippen LogP contribution is 2.49. The van der Waals surface area contributed by atoms with Crippen molar-refractivity contribution in [3.05, 3.63) is 41.2 Å². The number of hydrogen-bond acceptors (Lipinski definition) is 5. The van der Waals surface area contributed by atoms with Crippen LogP contribution in [0.4, 0.5) is 11.6 Å². The normalized spacial score (nSPS) is 15.4. The molecule has 1 saturated carbocycles. The summed E-state index contributed by atoms with van der Waals surface area (Å²) >= 11 is 5.97. The molecule has 0 radical (unpaired) electrons. The lowest BCUT2D eigenvalue weighted by Crippen LogP contribution is -2.28. The summed E-state index contributed by atoms with van der Waals surface area (Å²) in [6, 6.07) is 7.48. The molecule has 1 fully saturated rings. The summed E-state index contributed by atoms with van der Waals surface area (Å²) < 4.78 is 1.74. The van der Waals surface area contributed by atoms with Crippen LogP contribution < -0.4 is 11.1 Å². The van der Waals surface area contributed by atoms with E-state index in [9.17, 15) is 4.79 Å². The van der Waals surface area contributed by atoms with Gasteiger partial charge in [0.15, 0.2) is 11.5 Å². The second kappa shape index (κ2) is 5.95. The van der Waals surface area contributed by atoms with Crippen molar-refractivity contribution in [1.82, 2.24) is 19.7 Å². The van der Waals surface area contributed by atoms with Crippen LogP contribution in [0.2, 0.25) is 5.02 Å². The van der Waals surface area contributed by atoms with Crippen LogP contribution in [-0.2, 0) is 10.2 Å². The monoisotopic (exact) mass is 370 g/mol. The number of nitrogen functional groups attached to an aromatic ring is 1. The fourth-order valence-corrected chi connectivity index (χ4v) is 3.34. The van der Waals surface area contributed by atoms with E-state index in [0.717, 1.165) is 18.4 Å². The molecule has 3 N–H and O–H groups in total. The molecule has 0 aliphatic heterocycles. The molecule has 0 spiro atoms. The minimum atomic E-state index is -0.539. The zero-order chi connectivity index (χ0) is 18.5. The Hall–Kier alpha value is -2.67. The summed E-state index contributed by atoms with van der Waals surface area (Å²) in [5.74, 6) is 0.601. The van der Waals surface area contributed by atoms with E-state index in [1.54, 1.807) is 16.8 Å². The van der Waals surface area contributed by atoms with Crippen molar-refractivity contribution in [1.29, 1.82) is 0 Å². The van der Waals surface area contributed by atoms with Crippen molar-refractivity contribution >= 4 is 40.2 Å². The summed E-state index contributed by atoms with van der Waals surface area (Å²) in [6.45, 7) is 3.98. The third-order valence-corrected chi connectivity index (χ3v) is 5.07. The summed E-state index contributed by atoms with van der Waals surface area (Å²) in [5, 5.41) is 8.69. The number of nitrogens with zero attached hydrogens (tertiary/aromatic N) is 4. The standard InChI is InChI=1S/C18H19ClN6O/c1-10(2)25-16-13(14(20)21-9-22-16)15(24-25)23-17(26)18(7-8-18)11-3-5-12(19)6-4-11/h3-6,9-10H,7-8H2,1-2H3,(H2,20,21,22)(H,23,24,26). The maximum atomic E-state index is 13.0. The molecule has 0 bridgehead atoms. The van der Waals surface area contributed by atoms with E-state index in [-0.39, 0.29) is 11.9 Å². The number of halogens is 1. The molecule has 8 heteroatoms. The highest BCUT2D eigenvalue weighted by Gasteiger charge is 2.51. The first-order valence-electron chi connectivity index (χ1n) is 8.48. The van der Waals surface area contributed by atoms with Gasteiger partial charge in [0.1, 0.15) is 17.5 Å². The van der Waals surface area contributed by atoms with Gasteiger partial charge in [0, 0.05) is 11.1 Å². The predicted octanol–water partition coefficient (Wildman–Crippen LogP) is 3.31. The van der Waals surface area contributed by atoms with Gasteiger partial charge in [-0.05, 0) is 44.4 Å². The fourth-order valence-electron chi connectivity index (χ4n) is 3.21. The Balaban J connectivity index is 1.71. The second-order valence-corrected chi connectivity index (χ2v) is 7.32. The number of amides is 1. The first-order chi connectivity index (χ1) is 12.4. The van der Waals surface area contributed by atoms with Gasteiger partial charge in [0.2, 0.25) is 5.91 Å². The summed E-state index contributed by atoms with van der Waals surface area (Å²) in [4.78, 5) is 21.4. The minimum absolute atomic E-state index is 0.0728. The first-order valence-corrected chi connectivity index (χ1v) is 8.86. The molecular formula is C18H19ClN6O. The van der Waals surface area contributed by atoms with Gasteiger partial charge in [-0.3, -0.25) is 4.79 Å². The third-order valence-electron chi connectivity index (χ3n) is 4.82. The highest BCUT2D eigenvalue weighted by atomic mass is 35.5. The molecule has 1 aromatic carbocycles. The van der Waals surface area contributed by atoms with Crippen LogP contribution in [0.25, 0.3) is 11.0 Å². The predicted molar refractivity (Wildman–Crippen MR) is 101 cm³/mol. The van der Waals surface area contributed by atoms with Gasteiger partial charge in [0.25, 0.3) is 0 Å². The molecule has 0 atom stereocenters. The SMILES string of the molecule is CC(C)n1nc(NC(=O)C2(c3ccc(Cl)cc3)CC2)c2c(N)ncnc21. The number of nitrogens with two attached hydrogens (primary N) is 1. The summed E-state index contributed by atoms with van der Waals surface area (Å²) in [5.41, 5.74) is 7.05. The van der Waals surface area contributed by atoms with Gasteiger partial charge < -0.3 is 11.1 Å². The number of hydrogen-bond donors (Lipinski definition) is 2. The molecular weight excluding hydrogens is 352 g/mol. The van der Waals surface area contributed by atoms with Crippen LogP contribution in [0.15, 0.2) is 30.6 Å². The molecule has 1 aliphatic carbocycles. The van der Waals surface area contributed by atoms with E-state index in [0.29, 0.717) is 27.7 Å². The number of anilines is 2. The van der Waals surface area contributed by atoms with Crippen molar-refractivity contribution in [2.45, 2.75) is 38.1 Å². The number of carbonyl (C=O) groups is 1. The molecule has 26 heavy (non-hydrogen) atoms. The van der Waals surface area contributed by atoms with Gasteiger partial charge in [-0.2, -0.15) is 5.10 Å². The Morgan fingerprint density at radius 2 is 1.96 bits per heavy atom. The van der Waals surface area contributed by atoms with Crippen LogP contribution in [0, 0.1) is 0 Å². The van der Waals surface area contributed by atoms with Crippen LogP contribution in [0.3, 0.4) is 0 Å². The fraction of sp³-hybridized carbons (Fsp3) is 0.333. The van der Waals surface area contributed by atoms with Gasteiger partial charge in [-0.15, -0.1) is 0 Å².